The molecule has 1 atom stereocenters. The number of hydrogen-bond acceptors (Lipinski definition) is 2. The molecule has 98 valence electrons. The van der Waals surface area contributed by atoms with Crippen LogP contribution in [0.1, 0.15) is 37.4 Å². The maximum atomic E-state index is 10.1. The van der Waals surface area contributed by atoms with Gasteiger partial charge in [0.15, 0.2) is 0 Å². The molecule has 0 saturated heterocycles. The van der Waals surface area contributed by atoms with Crippen molar-refractivity contribution in [3.05, 3.63) is 35.9 Å². The average molecular weight is 245 g/mol. The Balaban J connectivity index is 1.43. The monoisotopic (exact) mass is 245 g/mol. The van der Waals surface area contributed by atoms with Crippen molar-refractivity contribution in [3.63, 3.8) is 0 Å². The maximum absolute atomic E-state index is 10.1. The van der Waals surface area contributed by atoms with Crippen LogP contribution in [-0.4, -0.2) is 18.2 Å². The Labute approximate surface area is 109 Å². The number of rotatable bonds is 7. The van der Waals surface area contributed by atoms with Crippen molar-refractivity contribution in [1.82, 2.24) is 5.32 Å². The minimum absolute atomic E-state index is 0.370. The summed E-state index contributed by atoms with van der Waals surface area (Å²) in [5, 5.41) is 13.6. The molecule has 1 aromatic rings. The molecule has 0 heterocycles. The summed E-state index contributed by atoms with van der Waals surface area (Å²) in [6, 6.07) is 9.93. The molecule has 2 fully saturated rings. The third-order valence-electron chi connectivity index (χ3n) is 4.36. The van der Waals surface area contributed by atoms with Crippen LogP contribution >= 0.6 is 0 Å². The van der Waals surface area contributed by atoms with Gasteiger partial charge in [0.2, 0.25) is 0 Å². The van der Waals surface area contributed by atoms with Gasteiger partial charge in [-0.3, -0.25) is 0 Å². The second-order valence-electron chi connectivity index (χ2n) is 5.92. The minimum Gasteiger partial charge on any atom is -0.387 e. The zero-order valence-corrected chi connectivity index (χ0v) is 10.9. The van der Waals surface area contributed by atoms with Gasteiger partial charge in [0.05, 0.1) is 6.10 Å². The zero-order chi connectivity index (χ0) is 12.4. The first-order valence-electron chi connectivity index (χ1n) is 7.28. The van der Waals surface area contributed by atoms with Crippen molar-refractivity contribution in [3.8, 4) is 0 Å². The normalized spacial score (nSPS) is 21.2. The van der Waals surface area contributed by atoms with E-state index in [1.807, 2.05) is 30.3 Å². The molecule has 3 rings (SSSR count). The van der Waals surface area contributed by atoms with E-state index in [1.54, 1.807) is 0 Å². The van der Waals surface area contributed by atoms with Crippen molar-refractivity contribution in [1.29, 1.82) is 0 Å². The topological polar surface area (TPSA) is 32.3 Å². The second kappa shape index (κ2) is 5.41. The Morgan fingerprint density at radius 2 is 1.61 bits per heavy atom. The molecule has 1 aromatic carbocycles. The fourth-order valence-electron chi connectivity index (χ4n) is 2.95. The molecule has 2 aliphatic rings. The van der Waals surface area contributed by atoms with Crippen LogP contribution in [0.4, 0.5) is 0 Å². The molecule has 0 spiro atoms. The van der Waals surface area contributed by atoms with Gasteiger partial charge in [-0.15, -0.1) is 0 Å². The van der Waals surface area contributed by atoms with Crippen molar-refractivity contribution < 1.29 is 5.11 Å². The van der Waals surface area contributed by atoms with Crippen LogP contribution < -0.4 is 5.32 Å². The SMILES string of the molecule is OC(CNCC(C1CC1)C1CC1)c1ccccc1. The molecule has 2 aliphatic carbocycles. The van der Waals surface area contributed by atoms with E-state index in [1.165, 1.54) is 25.7 Å². The largest absolute Gasteiger partial charge is 0.387 e. The molecule has 0 bridgehead atoms. The summed E-state index contributed by atoms with van der Waals surface area (Å²) in [4.78, 5) is 0. The van der Waals surface area contributed by atoms with Crippen molar-refractivity contribution in [2.75, 3.05) is 13.1 Å². The Morgan fingerprint density at radius 3 is 2.17 bits per heavy atom. The van der Waals surface area contributed by atoms with E-state index in [0.717, 1.165) is 29.9 Å². The third-order valence-corrected chi connectivity index (χ3v) is 4.36. The number of hydrogen-bond donors (Lipinski definition) is 2. The predicted octanol–water partition coefficient (Wildman–Crippen LogP) is 2.75. The van der Waals surface area contributed by atoms with Gasteiger partial charge in [-0.2, -0.15) is 0 Å². The van der Waals surface area contributed by atoms with Crippen LogP contribution in [-0.2, 0) is 0 Å². The summed E-state index contributed by atoms with van der Waals surface area (Å²) < 4.78 is 0. The van der Waals surface area contributed by atoms with Gasteiger partial charge in [0.25, 0.3) is 0 Å². The van der Waals surface area contributed by atoms with Crippen LogP contribution in [0.2, 0.25) is 0 Å². The molecular formula is C16H23NO. The van der Waals surface area contributed by atoms with Gasteiger partial charge in [0, 0.05) is 6.54 Å². The summed E-state index contributed by atoms with van der Waals surface area (Å²) in [7, 11) is 0. The van der Waals surface area contributed by atoms with Gasteiger partial charge in [0.1, 0.15) is 0 Å². The molecule has 1 unspecified atom stereocenters. The lowest BCUT2D eigenvalue weighted by molar-refractivity contribution is 0.171. The third kappa shape index (κ3) is 3.12. The number of aliphatic hydroxyl groups excluding tert-OH is 1. The molecule has 2 heteroatoms. The maximum Gasteiger partial charge on any atom is 0.0914 e. The summed E-state index contributed by atoms with van der Waals surface area (Å²) in [5.41, 5.74) is 1.01. The highest BCUT2D eigenvalue weighted by atomic mass is 16.3. The first kappa shape index (κ1) is 12.2. The Kier molecular flexibility index (Phi) is 3.67. The molecule has 0 aliphatic heterocycles. The predicted molar refractivity (Wildman–Crippen MR) is 73.2 cm³/mol. The van der Waals surface area contributed by atoms with Gasteiger partial charge < -0.3 is 10.4 Å². The van der Waals surface area contributed by atoms with Gasteiger partial charge in [-0.25, -0.2) is 0 Å². The molecule has 2 N–H and O–H groups in total. The smallest absolute Gasteiger partial charge is 0.0914 e. The fourth-order valence-corrected chi connectivity index (χ4v) is 2.95. The zero-order valence-electron chi connectivity index (χ0n) is 10.9. The highest BCUT2D eigenvalue weighted by Crippen LogP contribution is 2.48. The molecule has 2 nitrogen and oxygen atoms in total. The van der Waals surface area contributed by atoms with E-state index < -0.39 is 0 Å². The highest BCUT2D eigenvalue weighted by molar-refractivity contribution is 5.17. The Morgan fingerprint density at radius 1 is 1.00 bits per heavy atom. The van der Waals surface area contributed by atoms with E-state index in [4.69, 9.17) is 0 Å². The van der Waals surface area contributed by atoms with Crippen molar-refractivity contribution >= 4 is 0 Å². The van der Waals surface area contributed by atoms with Crippen molar-refractivity contribution in [2.24, 2.45) is 17.8 Å². The number of benzene rings is 1. The quantitative estimate of drug-likeness (QED) is 0.774. The minimum atomic E-state index is -0.370. The Bertz CT molecular complexity index is 358. The van der Waals surface area contributed by atoms with E-state index >= 15 is 0 Å². The number of nitrogens with one attached hydrogen (secondary N) is 1. The summed E-state index contributed by atoms with van der Waals surface area (Å²) in [5.74, 6) is 2.85. The molecule has 2 saturated carbocycles. The first-order valence-corrected chi connectivity index (χ1v) is 7.28. The number of aliphatic hydroxyl groups is 1. The Hall–Kier alpha value is -0.860. The molecule has 0 radical (unpaired) electrons. The van der Waals surface area contributed by atoms with Gasteiger partial charge in [-0.1, -0.05) is 30.3 Å². The van der Waals surface area contributed by atoms with E-state index in [9.17, 15) is 5.11 Å². The average Bonchev–Trinajstić information content (AvgIpc) is 3.29. The standard InChI is InChI=1S/C16H23NO/c18-16(14-4-2-1-3-5-14)11-17-10-15(12-6-7-12)13-8-9-13/h1-5,12-13,15-18H,6-11H2. The van der Waals surface area contributed by atoms with E-state index in [0.29, 0.717) is 6.54 Å². The van der Waals surface area contributed by atoms with Crippen LogP contribution in [0, 0.1) is 17.8 Å². The van der Waals surface area contributed by atoms with Gasteiger partial charge in [-0.05, 0) is 55.5 Å². The van der Waals surface area contributed by atoms with E-state index in [2.05, 4.69) is 5.32 Å². The molecule has 0 amide bonds. The lowest BCUT2D eigenvalue weighted by Crippen LogP contribution is -2.29. The fraction of sp³-hybridized carbons (Fsp3) is 0.625. The van der Waals surface area contributed by atoms with Gasteiger partial charge >= 0.3 is 0 Å². The van der Waals surface area contributed by atoms with Crippen LogP contribution in [0.15, 0.2) is 30.3 Å². The molecule has 18 heavy (non-hydrogen) atoms. The first-order chi connectivity index (χ1) is 8.84. The molecular weight excluding hydrogens is 222 g/mol. The highest BCUT2D eigenvalue weighted by Gasteiger charge is 2.40. The van der Waals surface area contributed by atoms with Crippen LogP contribution in [0.5, 0.6) is 0 Å². The van der Waals surface area contributed by atoms with Crippen LogP contribution in [0.3, 0.4) is 0 Å². The van der Waals surface area contributed by atoms with Crippen LogP contribution in [0.25, 0.3) is 0 Å². The van der Waals surface area contributed by atoms with E-state index in [-0.39, 0.29) is 6.10 Å². The summed E-state index contributed by atoms with van der Waals surface area (Å²) in [6.45, 7) is 1.78. The van der Waals surface area contributed by atoms with Crippen molar-refractivity contribution in [2.45, 2.75) is 31.8 Å². The summed E-state index contributed by atoms with van der Waals surface area (Å²) >= 11 is 0. The lowest BCUT2D eigenvalue weighted by atomic mass is 9.98. The molecule has 0 aromatic heterocycles. The second-order valence-corrected chi connectivity index (χ2v) is 5.92. The summed E-state index contributed by atoms with van der Waals surface area (Å²) in [6.07, 6.45) is 5.37. The lowest BCUT2D eigenvalue weighted by Gasteiger charge is -2.18.